The highest BCUT2D eigenvalue weighted by Gasteiger charge is 2.17. The van der Waals surface area contributed by atoms with Gasteiger partial charge in [0.05, 0.1) is 5.02 Å². The molecule has 0 saturated carbocycles. The van der Waals surface area contributed by atoms with E-state index in [1.165, 1.54) is 0 Å². The fourth-order valence-corrected chi connectivity index (χ4v) is 2.75. The first kappa shape index (κ1) is 19.2. The Labute approximate surface area is 169 Å². The van der Waals surface area contributed by atoms with E-state index in [1.807, 2.05) is 24.3 Å². The zero-order valence-corrected chi connectivity index (χ0v) is 17.0. The predicted molar refractivity (Wildman–Crippen MR) is 110 cm³/mol. The van der Waals surface area contributed by atoms with Crippen LogP contribution in [0.5, 0.6) is 5.75 Å². The maximum Gasteiger partial charge on any atom is 0.266 e. The van der Waals surface area contributed by atoms with Gasteiger partial charge < -0.3 is 10.1 Å². The number of thiocarbonyl (C=S) groups is 1. The molecule has 24 heavy (non-hydrogen) atoms. The van der Waals surface area contributed by atoms with Crippen molar-refractivity contribution in [1.82, 2.24) is 5.32 Å². The van der Waals surface area contributed by atoms with Crippen molar-refractivity contribution in [1.29, 1.82) is 0 Å². The van der Waals surface area contributed by atoms with Crippen molar-refractivity contribution in [2.45, 2.75) is 13.0 Å². The van der Waals surface area contributed by atoms with Crippen molar-refractivity contribution in [2.24, 2.45) is 0 Å². The van der Waals surface area contributed by atoms with Crippen LogP contribution in [0, 0.1) is 3.57 Å². The van der Waals surface area contributed by atoms with E-state index in [2.05, 4.69) is 33.2 Å². The van der Waals surface area contributed by atoms with Crippen molar-refractivity contribution >= 4 is 74.7 Å². The molecule has 126 valence electrons. The van der Waals surface area contributed by atoms with Gasteiger partial charge in [0.15, 0.2) is 11.2 Å². The number of carbonyl (C=O) groups excluding carboxylic acids is 1. The number of hydrogen-bond acceptors (Lipinski definition) is 3. The van der Waals surface area contributed by atoms with Crippen LogP contribution in [0.2, 0.25) is 10.0 Å². The lowest BCUT2D eigenvalue weighted by Crippen LogP contribution is -2.42. The first-order chi connectivity index (χ1) is 11.3. The predicted octanol–water partition coefficient (Wildman–Crippen LogP) is 4.88. The number of rotatable bonds is 4. The van der Waals surface area contributed by atoms with Crippen molar-refractivity contribution in [3.63, 3.8) is 0 Å². The molecular formula is C16H13Cl2IN2O2S. The van der Waals surface area contributed by atoms with Crippen LogP contribution in [0.4, 0.5) is 5.69 Å². The second-order valence-corrected chi connectivity index (χ2v) is 7.28. The molecule has 2 aromatic carbocycles. The quantitative estimate of drug-likeness (QED) is 0.470. The van der Waals surface area contributed by atoms with Crippen LogP contribution in [0.1, 0.15) is 6.92 Å². The molecule has 0 aromatic heterocycles. The summed E-state index contributed by atoms with van der Waals surface area (Å²) >= 11 is 19.2. The zero-order valence-electron chi connectivity index (χ0n) is 12.5. The van der Waals surface area contributed by atoms with Gasteiger partial charge in [0.25, 0.3) is 5.91 Å². The molecule has 0 aliphatic heterocycles. The second-order valence-electron chi connectivity index (χ2n) is 4.79. The third-order valence-electron chi connectivity index (χ3n) is 2.91. The standard InChI is InChI=1S/C16H13Cl2IN2O2S/c1-9(23-14-7-2-10(17)8-13(14)18)15(22)21-16(24)20-12-5-3-11(19)4-6-12/h2-9H,1H3,(H2,20,21,22,24). The first-order valence-corrected chi connectivity index (χ1v) is 9.08. The topological polar surface area (TPSA) is 50.4 Å². The highest BCUT2D eigenvalue weighted by Crippen LogP contribution is 2.28. The van der Waals surface area contributed by atoms with E-state index in [0.717, 1.165) is 9.26 Å². The monoisotopic (exact) mass is 494 g/mol. The van der Waals surface area contributed by atoms with E-state index in [-0.39, 0.29) is 11.0 Å². The highest BCUT2D eigenvalue weighted by molar-refractivity contribution is 14.1. The summed E-state index contributed by atoms with van der Waals surface area (Å²) in [5.74, 6) is -0.00995. The summed E-state index contributed by atoms with van der Waals surface area (Å²) in [5, 5.41) is 6.54. The van der Waals surface area contributed by atoms with Crippen molar-refractivity contribution < 1.29 is 9.53 Å². The Bertz CT molecular complexity index is 756. The number of hydrogen-bond donors (Lipinski definition) is 2. The third kappa shape index (κ3) is 5.77. The molecular weight excluding hydrogens is 482 g/mol. The third-order valence-corrected chi connectivity index (χ3v) is 4.36. The van der Waals surface area contributed by atoms with Crippen molar-refractivity contribution in [3.05, 3.63) is 56.1 Å². The van der Waals surface area contributed by atoms with Crippen molar-refractivity contribution in [2.75, 3.05) is 5.32 Å². The Morgan fingerprint density at radius 3 is 2.50 bits per heavy atom. The van der Waals surface area contributed by atoms with Crippen LogP contribution in [-0.4, -0.2) is 17.1 Å². The molecule has 0 bridgehead atoms. The Kier molecular flexibility index (Phi) is 7.09. The van der Waals surface area contributed by atoms with E-state index in [1.54, 1.807) is 25.1 Å². The zero-order chi connectivity index (χ0) is 17.7. The van der Waals surface area contributed by atoms with Gasteiger partial charge in [0.1, 0.15) is 5.75 Å². The maximum absolute atomic E-state index is 12.1. The van der Waals surface area contributed by atoms with Crippen LogP contribution in [-0.2, 0) is 4.79 Å². The molecule has 2 aromatic rings. The lowest BCUT2D eigenvalue weighted by Gasteiger charge is -2.16. The number of anilines is 1. The molecule has 1 atom stereocenters. The van der Waals surface area contributed by atoms with Gasteiger partial charge >= 0.3 is 0 Å². The Hall–Kier alpha value is -1.09. The number of amides is 1. The van der Waals surface area contributed by atoms with Gasteiger partial charge in [-0.15, -0.1) is 0 Å². The van der Waals surface area contributed by atoms with Gasteiger partial charge in [-0.1, -0.05) is 23.2 Å². The number of benzene rings is 2. The molecule has 1 amide bonds. The number of nitrogens with one attached hydrogen (secondary N) is 2. The summed E-state index contributed by atoms with van der Waals surface area (Å²) in [6.45, 7) is 1.60. The number of ether oxygens (including phenoxy) is 1. The average Bonchev–Trinajstić information content (AvgIpc) is 2.52. The van der Waals surface area contributed by atoms with E-state index in [4.69, 9.17) is 40.2 Å². The minimum Gasteiger partial charge on any atom is -0.479 e. The molecule has 0 fully saturated rings. The summed E-state index contributed by atoms with van der Waals surface area (Å²) in [7, 11) is 0. The summed E-state index contributed by atoms with van der Waals surface area (Å²) in [4.78, 5) is 12.1. The van der Waals surface area contributed by atoms with Crippen LogP contribution in [0.25, 0.3) is 0 Å². The molecule has 0 aliphatic rings. The normalized spacial score (nSPS) is 11.5. The van der Waals surface area contributed by atoms with E-state index < -0.39 is 6.10 Å². The van der Waals surface area contributed by atoms with Crippen LogP contribution < -0.4 is 15.4 Å². The van der Waals surface area contributed by atoms with Gasteiger partial charge in [0, 0.05) is 14.3 Å². The second kappa shape index (κ2) is 8.84. The Morgan fingerprint density at radius 2 is 1.88 bits per heavy atom. The average molecular weight is 495 g/mol. The van der Waals surface area contributed by atoms with E-state index in [9.17, 15) is 4.79 Å². The largest absolute Gasteiger partial charge is 0.479 e. The summed E-state index contributed by atoms with van der Waals surface area (Å²) in [5.41, 5.74) is 0.787. The van der Waals surface area contributed by atoms with Gasteiger partial charge in [-0.3, -0.25) is 10.1 Å². The van der Waals surface area contributed by atoms with Crippen LogP contribution in [0.3, 0.4) is 0 Å². The highest BCUT2D eigenvalue weighted by atomic mass is 127. The van der Waals surface area contributed by atoms with Gasteiger partial charge in [-0.2, -0.15) is 0 Å². The Morgan fingerprint density at radius 1 is 1.21 bits per heavy atom. The van der Waals surface area contributed by atoms with E-state index in [0.29, 0.717) is 15.8 Å². The summed E-state index contributed by atoms with van der Waals surface area (Å²) in [6.07, 6.45) is -0.778. The number of halogens is 3. The molecule has 4 nitrogen and oxygen atoms in total. The van der Waals surface area contributed by atoms with Crippen molar-refractivity contribution in [3.8, 4) is 5.75 Å². The first-order valence-electron chi connectivity index (χ1n) is 6.84. The molecule has 0 saturated heterocycles. The maximum atomic E-state index is 12.1. The fourth-order valence-electron chi connectivity index (χ4n) is 1.72. The molecule has 0 heterocycles. The Balaban J connectivity index is 1.90. The van der Waals surface area contributed by atoms with Gasteiger partial charge in [-0.25, -0.2) is 0 Å². The minimum atomic E-state index is -0.778. The lowest BCUT2D eigenvalue weighted by molar-refractivity contribution is -0.125. The fraction of sp³-hybridized carbons (Fsp3) is 0.125. The molecule has 2 N–H and O–H groups in total. The van der Waals surface area contributed by atoms with Gasteiger partial charge in [0.2, 0.25) is 0 Å². The van der Waals surface area contributed by atoms with E-state index >= 15 is 0 Å². The summed E-state index contributed by atoms with van der Waals surface area (Å²) in [6, 6.07) is 12.4. The minimum absolute atomic E-state index is 0.193. The number of carbonyl (C=O) groups is 1. The molecule has 0 aliphatic carbocycles. The molecule has 0 radical (unpaired) electrons. The summed E-state index contributed by atoms with van der Waals surface area (Å²) < 4.78 is 6.64. The van der Waals surface area contributed by atoms with Crippen LogP contribution in [0.15, 0.2) is 42.5 Å². The smallest absolute Gasteiger partial charge is 0.266 e. The van der Waals surface area contributed by atoms with Gasteiger partial charge in [-0.05, 0) is 84.2 Å². The SMILES string of the molecule is CC(Oc1ccc(Cl)cc1Cl)C(=O)NC(=S)Nc1ccc(I)cc1. The van der Waals surface area contributed by atoms with Crippen LogP contribution >= 0.6 is 58.0 Å². The molecule has 0 spiro atoms. The molecule has 1 unspecified atom stereocenters. The molecule has 2 rings (SSSR count). The molecule has 8 heteroatoms. The lowest BCUT2D eigenvalue weighted by atomic mass is 10.3.